The maximum absolute atomic E-state index is 12.0. The predicted molar refractivity (Wildman–Crippen MR) is 92.9 cm³/mol. The molecule has 0 spiro atoms. The molecule has 2 rings (SSSR count). The highest BCUT2D eigenvalue weighted by Gasteiger charge is 2.15. The van der Waals surface area contributed by atoms with Crippen LogP contribution in [0.3, 0.4) is 0 Å². The minimum atomic E-state index is -0.364. The van der Waals surface area contributed by atoms with Crippen molar-refractivity contribution in [3.8, 4) is 0 Å². The van der Waals surface area contributed by atoms with Gasteiger partial charge in [0.05, 0.1) is 0 Å². The third kappa shape index (κ3) is 5.44. The largest absolute Gasteiger partial charge is 0.292 e. The summed E-state index contributed by atoms with van der Waals surface area (Å²) < 4.78 is 0.821. The minimum Gasteiger partial charge on any atom is -0.292 e. The Morgan fingerprint density at radius 1 is 1.22 bits per heavy atom. The van der Waals surface area contributed by atoms with Crippen molar-refractivity contribution in [3.63, 3.8) is 0 Å². The van der Waals surface area contributed by atoms with Gasteiger partial charge in [0, 0.05) is 17.7 Å². The van der Waals surface area contributed by atoms with Crippen LogP contribution in [-0.4, -0.2) is 27.8 Å². The molecule has 1 aromatic carbocycles. The molecule has 0 bridgehead atoms. The average Bonchev–Trinajstić information content (AvgIpc) is 2.99. The first-order chi connectivity index (χ1) is 10.9. The van der Waals surface area contributed by atoms with E-state index in [4.69, 9.17) is 0 Å². The summed E-state index contributed by atoms with van der Waals surface area (Å²) in [6, 6.07) is 7.34. The quantitative estimate of drug-likeness (QED) is 0.839. The summed E-state index contributed by atoms with van der Waals surface area (Å²) in [7, 11) is 0. The number of carbonyl (C=O) groups excluding carboxylic acids is 2. The van der Waals surface area contributed by atoms with Gasteiger partial charge in [0.15, 0.2) is 4.34 Å². The molecule has 0 saturated carbocycles. The Balaban J connectivity index is 1.82. The van der Waals surface area contributed by atoms with E-state index in [1.807, 2.05) is 12.1 Å². The molecule has 0 aliphatic carbocycles. The van der Waals surface area contributed by atoms with Crippen LogP contribution in [0.4, 0.5) is 0 Å². The third-order valence-corrected chi connectivity index (χ3v) is 5.02. The molecule has 0 radical (unpaired) electrons. The van der Waals surface area contributed by atoms with Crippen LogP contribution < -0.4 is 5.32 Å². The molecule has 2 amide bonds. The van der Waals surface area contributed by atoms with Crippen LogP contribution >= 0.6 is 23.1 Å². The molecule has 0 fully saturated rings. The third-order valence-electron chi connectivity index (χ3n) is 3.16. The molecule has 1 aromatic heterocycles. The maximum Gasteiger partial charge on any atom is 0.257 e. The first-order valence-electron chi connectivity index (χ1n) is 7.20. The van der Waals surface area contributed by atoms with E-state index >= 15 is 0 Å². The van der Waals surface area contributed by atoms with Gasteiger partial charge in [0.2, 0.25) is 5.91 Å². The van der Waals surface area contributed by atoms with Crippen LogP contribution in [0.1, 0.15) is 43.1 Å². The summed E-state index contributed by atoms with van der Waals surface area (Å²) in [5.74, 6) is -0.0830. The van der Waals surface area contributed by atoms with Gasteiger partial charge in [-0.05, 0) is 23.1 Å². The Kier molecular flexibility index (Phi) is 5.90. The van der Waals surface area contributed by atoms with E-state index < -0.39 is 0 Å². The van der Waals surface area contributed by atoms with Crippen molar-refractivity contribution in [2.45, 2.75) is 36.9 Å². The molecular formula is C16H19N3O2S2. The number of carbonyl (C=O) groups is 2. The number of aromatic nitrogens is 2. The Labute approximate surface area is 143 Å². The number of amides is 2. The van der Waals surface area contributed by atoms with Crippen molar-refractivity contribution in [2.24, 2.45) is 0 Å². The van der Waals surface area contributed by atoms with Gasteiger partial charge in [-0.15, -0.1) is 10.2 Å². The van der Waals surface area contributed by atoms with Gasteiger partial charge in [-0.1, -0.05) is 56.0 Å². The summed E-state index contributed by atoms with van der Waals surface area (Å²) in [5, 5.41) is 10.0. The Morgan fingerprint density at radius 3 is 2.48 bits per heavy atom. The minimum absolute atomic E-state index is 0.0345. The summed E-state index contributed by atoms with van der Waals surface area (Å²) in [4.78, 5) is 23.9. The standard InChI is InChI=1S/C16H19N3O2S2/c1-16(2,3)12-6-4-11(5-7-12)14(21)18-13(20)8-9-22-15-19-17-10-23-15/h4-7,10H,8-9H2,1-3H3,(H,18,20,21). The lowest BCUT2D eigenvalue weighted by molar-refractivity contribution is -0.119. The van der Waals surface area contributed by atoms with Gasteiger partial charge in [-0.25, -0.2) is 0 Å². The van der Waals surface area contributed by atoms with Crippen LogP contribution in [0.2, 0.25) is 0 Å². The smallest absolute Gasteiger partial charge is 0.257 e. The van der Waals surface area contributed by atoms with E-state index in [1.165, 1.54) is 23.1 Å². The monoisotopic (exact) mass is 349 g/mol. The van der Waals surface area contributed by atoms with Crippen molar-refractivity contribution >= 4 is 34.9 Å². The van der Waals surface area contributed by atoms with Crippen LogP contribution in [-0.2, 0) is 10.2 Å². The van der Waals surface area contributed by atoms with E-state index in [2.05, 4.69) is 36.3 Å². The second-order valence-electron chi connectivity index (χ2n) is 6.01. The average molecular weight is 349 g/mol. The van der Waals surface area contributed by atoms with Crippen LogP contribution in [0, 0.1) is 0 Å². The molecule has 0 atom stereocenters. The molecule has 23 heavy (non-hydrogen) atoms. The van der Waals surface area contributed by atoms with Crippen molar-refractivity contribution in [1.29, 1.82) is 0 Å². The molecule has 5 nitrogen and oxygen atoms in total. The van der Waals surface area contributed by atoms with Gasteiger partial charge in [0.25, 0.3) is 5.91 Å². The number of hydrogen-bond donors (Lipinski definition) is 1. The zero-order valence-corrected chi connectivity index (χ0v) is 15.0. The highest BCUT2D eigenvalue weighted by molar-refractivity contribution is 8.01. The van der Waals surface area contributed by atoms with Gasteiger partial charge < -0.3 is 0 Å². The van der Waals surface area contributed by atoms with Gasteiger partial charge in [0.1, 0.15) is 5.51 Å². The number of thioether (sulfide) groups is 1. The lowest BCUT2D eigenvalue weighted by Crippen LogP contribution is -2.30. The van der Waals surface area contributed by atoms with Crippen LogP contribution in [0.15, 0.2) is 34.1 Å². The molecule has 122 valence electrons. The molecule has 0 aliphatic heterocycles. The molecule has 0 unspecified atom stereocenters. The number of imide groups is 1. The number of benzene rings is 1. The van der Waals surface area contributed by atoms with Crippen molar-refractivity contribution in [3.05, 3.63) is 40.9 Å². The summed E-state index contributed by atoms with van der Waals surface area (Å²) in [6.07, 6.45) is 0.260. The second-order valence-corrected chi connectivity index (χ2v) is 8.18. The molecule has 1 N–H and O–H groups in total. The fourth-order valence-electron chi connectivity index (χ4n) is 1.84. The summed E-state index contributed by atoms with van der Waals surface area (Å²) >= 11 is 2.89. The van der Waals surface area contributed by atoms with E-state index in [0.29, 0.717) is 11.3 Å². The lowest BCUT2D eigenvalue weighted by Gasteiger charge is -2.18. The van der Waals surface area contributed by atoms with Gasteiger partial charge in [-0.3, -0.25) is 14.9 Å². The second kappa shape index (κ2) is 7.70. The first kappa shape index (κ1) is 17.6. The summed E-state index contributed by atoms with van der Waals surface area (Å²) in [6.45, 7) is 6.34. The van der Waals surface area contributed by atoms with E-state index in [1.54, 1.807) is 17.6 Å². The topological polar surface area (TPSA) is 72.0 Å². The van der Waals surface area contributed by atoms with Gasteiger partial charge in [-0.2, -0.15) is 0 Å². The molecule has 7 heteroatoms. The van der Waals surface area contributed by atoms with E-state index in [0.717, 1.165) is 9.90 Å². The Hall–Kier alpha value is -1.73. The normalized spacial score (nSPS) is 11.3. The molecular weight excluding hydrogens is 330 g/mol. The highest BCUT2D eigenvalue weighted by atomic mass is 32.2. The molecule has 1 heterocycles. The highest BCUT2D eigenvalue weighted by Crippen LogP contribution is 2.22. The van der Waals surface area contributed by atoms with E-state index in [-0.39, 0.29) is 23.7 Å². The fourth-order valence-corrected chi connectivity index (χ4v) is 3.34. The Bertz CT molecular complexity index is 662. The molecule has 0 saturated heterocycles. The predicted octanol–water partition coefficient (Wildman–Crippen LogP) is 3.27. The number of nitrogens with one attached hydrogen (secondary N) is 1. The SMILES string of the molecule is CC(C)(C)c1ccc(C(=O)NC(=O)CCSc2nncs2)cc1. The molecule has 2 aromatic rings. The van der Waals surface area contributed by atoms with Gasteiger partial charge >= 0.3 is 0 Å². The number of hydrogen-bond acceptors (Lipinski definition) is 6. The molecule has 0 aliphatic rings. The summed E-state index contributed by atoms with van der Waals surface area (Å²) in [5.41, 5.74) is 3.32. The number of rotatable bonds is 5. The lowest BCUT2D eigenvalue weighted by atomic mass is 9.87. The van der Waals surface area contributed by atoms with Crippen molar-refractivity contribution in [2.75, 3.05) is 5.75 Å². The zero-order valence-electron chi connectivity index (χ0n) is 13.3. The Morgan fingerprint density at radius 2 is 1.91 bits per heavy atom. The number of nitrogens with zero attached hydrogens (tertiary/aromatic N) is 2. The van der Waals surface area contributed by atoms with E-state index in [9.17, 15) is 9.59 Å². The van der Waals surface area contributed by atoms with Crippen molar-refractivity contribution < 1.29 is 9.59 Å². The zero-order chi connectivity index (χ0) is 16.9. The van der Waals surface area contributed by atoms with Crippen molar-refractivity contribution in [1.82, 2.24) is 15.5 Å². The maximum atomic E-state index is 12.0. The van der Waals surface area contributed by atoms with Crippen LogP contribution in [0.5, 0.6) is 0 Å². The van der Waals surface area contributed by atoms with Crippen LogP contribution in [0.25, 0.3) is 0 Å². The fraction of sp³-hybridized carbons (Fsp3) is 0.375. The first-order valence-corrected chi connectivity index (χ1v) is 9.06.